The first-order valence-corrected chi connectivity index (χ1v) is 20.6. The number of benzene rings is 2. The smallest absolute Gasteiger partial charge is 0.254 e. The number of hydroxylamine groups is 2. The van der Waals surface area contributed by atoms with Crippen LogP contribution in [0.2, 0.25) is 0 Å². The summed E-state index contributed by atoms with van der Waals surface area (Å²) in [5.41, 5.74) is 4.14. The second-order valence-corrected chi connectivity index (χ2v) is 17.6. The number of carbonyl (C=O) groups is 2. The minimum Gasteiger partial charge on any atom is -0.496 e. The van der Waals surface area contributed by atoms with E-state index < -0.39 is 24.2 Å². The van der Waals surface area contributed by atoms with Crippen molar-refractivity contribution >= 4 is 17.5 Å². The molecule has 57 heavy (non-hydrogen) atoms. The van der Waals surface area contributed by atoms with Gasteiger partial charge in [0.1, 0.15) is 17.9 Å². The lowest BCUT2D eigenvalue weighted by Crippen LogP contribution is -2.62. The van der Waals surface area contributed by atoms with Crippen LogP contribution < -0.4 is 15.0 Å². The summed E-state index contributed by atoms with van der Waals surface area (Å²) >= 11 is 0. The van der Waals surface area contributed by atoms with E-state index in [2.05, 4.69) is 56.8 Å². The number of hydrogen-bond donors (Lipinski definition) is 3. The minimum atomic E-state index is -0.901. The van der Waals surface area contributed by atoms with E-state index in [1.165, 1.54) is 6.42 Å². The van der Waals surface area contributed by atoms with E-state index in [4.69, 9.17) is 9.57 Å². The van der Waals surface area contributed by atoms with Gasteiger partial charge in [0, 0.05) is 74.1 Å². The van der Waals surface area contributed by atoms with Crippen LogP contribution in [0.3, 0.4) is 0 Å². The normalized spacial score (nSPS) is 29.3. The highest BCUT2D eigenvalue weighted by Gasteiger charge is 2.57. The van der Waals surface area contributed by atoms with Gasteiger partial charge in [-0.15, -0.1) is 0 Å². The van der Waals surface area contributed by atoms with Crippen molar-refractivity contribution in [2.45, 2.75) is 83.8 Å². The number of fused-ring (bicyclic) bond motifs is 2. The third kappa shape index (κ3) is 8.73. The van der Waals surface area contributed by atoms with Crippen LogP contribution in [0.25, 0.3) is 11.1 Å². The molecule has 3 saturated carbocycles. The third-order valence-corrected chi connectivity index (χ3v) is 13.5. The number of rotatable bonds is 14. The number of allylic oxidation sites excluding steroid dienone is 4. The maximum Gasteiger partial charge on any atom is 0.254 e. The van der Waals surface area contributed by atoms with Gasteiger partial charge < -0.3 is 35.0 Å². The highest BCUT2D eigenvalue weighted by molar-refractivity contribution is 5.97. The second kappa shape index (κ2) is 17.9. The lowest BCUT2D eigenvalue weighted by atomic mass is 9.45. The van der Waals surface area contributed by atoms with Gasteiger partial charge in [0.25, 0.3) is 5.91 Å². The predicted molar refractivity (Wildman–Crippen MR) is 226 cm³/mol. The third-order valence-electron chi connectivity index (χ3n) is 13.5. The summed E-state index contributed by atoms with van der Waals surface area (Å²) in [6.07, 6.45) is 10.9. The molecule has 0 unspecified atom stereocenters. The molecule has 11 heteroatoms. The van der Waals surface area contributed by atoms with Gasteiger partial charge in [0.15, 0.2) is 0 Å². The molecular weight excluding hydrogens is 719 g/mol. The zero-order valence-corrected chi connectivity index (χ0v) is 35.2. The molecule has 3 aliphatic carbocycles. The van der Waals surface area contributed by atoms with Crippen LogP contribution in [-0.4, -0.2) is 122 Å². The number of nitrogens with one attached hydrogen (secondary N) is 1. The summed E-state index contributed by atoms with van der Waals surface area (Å²) in [5.74, 6) is 1.19. The Morgan fingerprint density at radius 2 is 1.91 bits per heavy atom. The minimum absolute atomic E-state index is 0.0186. The first-order valence-electron chi connectivity index (χ1n) is 20.6. The number of anilines is 1. The van der Waals surface area contributed by atoms with Crippen molar-refractivity contribution in [3.63, 3.8) is 0 Å². The number of methoxy groups -OCH3 is 1. The summed E-state index contributed by atoms with van der Waals surface area (Å²) < 4.78 is 6.14. The topological polar surface area (TPSA) is 118 Å². The van der Waals surface area contributed by atoms with Gasteiger partial charge in [-0.1, -0.05) is 75.9 Å². The number of para-hydroxylation sites is 1. The Bertz CT molecular complexity index is 1820. The Kier molecular flexibility index (Phi) is 13.4. The van der Waals surface area contributed by atoms with Crippen molar-refractivity contribution in [2.75, 3.05) is 59.4 Å². The van der Waals surface area contributed by atoms with Crippen molar-refractivity contribution in [3.8, 4) is 16.9 Å². The highest BCUT2D eigenvalue weighted by atomic mass is 16.7. The maximum atomic E-state index is 14.4. The predicted octanol–water partition coefficient (Wildman–Crippen LogP) is 5.53. The lowest BCUT2D eigenvalue weighted by Gasteiger charge is -2.62. The Balaban J connectivity index is 1.29. The van der Waals surface area contributed by atoms with E-state index in [-0.39, 0.29) is 42.5 Å². The lowest BCUT2D eigenvalue weighted by molar-refractivity contribution is -0.183. The van der Waals surface area contributed by atoms with Crippen molar-refractivity contribution in [1.82, 2.24) is 20.2 Å². The quantitative estimate of drug-likeness (QED) is 0.213. The van der Waals surface area contributed by atoms with Crippen molar-refractivity contribution in [3.05, 3.63) is 84.5 Å². The molecule has 7 rings (SSSR count). The van der Waals surface area contributed by atoms with Crippen molar-refractivity contribution < 1.29 is 29.4 Å². The zero-order valence-electron chi connectivity index (χ0n) is 35.2. The molecule has 2 aromatic carbocycles. The number of carbonyl (C=O) groups excluding carboxylic acids is 2. The number of likely N-dealkylation sites (N-methyl/N-ethyl adjacent to an activating group) is 1. The SMILES string of the molecule is C=C/C=C\C=C\C[C@H]1CN(C)CCN1C(=O)c1cc(-c2cccc(CN3O[C@@H](CO)[C@@H]([C@H](C)O)[C@H]3C(=O)N[C@H]3C[C@H]4C[C@@H]([C@@H]3C)C4(C)C)c2OC)cc(N(C)C)c1. The van der Waals surface area contributed by atoms with Gasteiger partial charge in [0.05, 0.1) is 26.4 Å². The van der Waals surface area contributed by atoms with Gasteiger partial charge >= 0.3 is 0 Å². The molecule has 2 amide bonds. The van der Waals surface area contributed by atoms with Gasteiger partial charge in [-0.05, 0) is 80.2 Å². The van der Waals surface area contributed by atoms with Gasteiger partial charge in [-0.25, -0.2) is 0 Å². The highest BCUT2D eigenvalue weighted by Crippen LogP contribution is 2.61. The number of hydrogen-bond acceptors (Lipinski definition) is 9. The summed E-state index contributed by atoms with van der Waals surface area (Å²) in [6, 6.07) is 11.0. The van der Waals surface area contributed by atoms with E-state index in [0.717, 1.165) is 48.3 Å². The summed E-state index contributed by atoms with van der Waals surface area (Å²) in [7, 11) is 7.64. The Hall–Kier alpha value is -4.00. The van der Waals surface area contributed by atoms with Crippen molar-refractivity contribution in [2.24, 2.45) is 29.1 Å². The van der Waals surface area contributed by atoms with Crippen LogP contribution in [0.1, 0.15) is 62.9 Å². The molecule has 11 nitrogen and oxygen atoms in total. The Morgan fingerprint density at radius 1 is 1.14 bits per heavy atom. The maximum absolute atomic E-state index is 14.4. The number of amides is 2. The molecule has 0 aromatic heterocycles. The fourth-order valence-corrected chi connectivity index (χ4v) is 10.1. The van der Waals surface area contributed by atoms with Crippen LogP contribution in [0.5, 0.6) is 5.75 Å². The molecule has 0 spiro atoms. The Labute approximate surface area is 339 Å². The summed E-state index contributed by atoms with van der Waals surface area (Å²) in [6.45, 7) is 14.3. The molecule has 9 atom stereocenters. The number of aliphatic hydroxyl groups excluding tert-OH is 2. The molecule has 310 valence electrons. The number of ether oxygens (including phenoxy) is 1. The molecule has 2 aliphatic heterocycles. The van der Waals surface area contributed by atoms with E-state index in [1.807, 2.05) is 72.5 Å². The summed E-state index contributed by atoms with van der Waals surface area (Å²) in [5, 5.41) is 26.4. The van der Waals surface area contributed by atoms with E-state index in [1.54, 1.807) is 25.2 Å². The number of piperazine rings is 1. The zero-order chi connectivity index (χ0) is 41.2. The first kappa shape index (κ1) is 42.6. The van der Waals surface area contributed by atoms with Gasteiger partial charge in [-0.2, -0.15) is 5.06 Å². The molecule has 0 radical (unpaired) electrons. The molecule has 3 N–H and O–H groups in total. The van der Waals surface area contributed by atoms with E-state index in [9.17, 15) is 19.8 Å². The van der Waals surface area contributed by atoms with Crippen LogP contribution >= 0.6 is 0 Å². The molecule has 2 bridgehead atoms. The van der Waals surface area contributed by atoms with Crippen molar-refractivity contribution in [1.29, 1.82) is 0 Å². The Morgan fingerprint density at radius 3 is 2.56 bits per heavy atom. The largest absolute Gasteiger partial charge is 0.496 e. The molecule has 2 saturated heterocycles. The molecule has 2 aromatic rings. The first-order chi connectivity index (χ1) is 27.2. The fourth-order valence-electron chi connectivity index (χ4n) is 10.1. The number of aliphatic hydroxyl groups is 2. The molecule has 2 heterocycles. The molecular formula is C46H65N5O6. The number of nitrogens with zero attached hydrogens (tertiary/aromatic N) is 4. The van der Waals surface area contributed by atoms with Crippen LogP contribution in [0.15, 0.2) is 73.4 Å². The van der Waals surface area contributed by atoms with Crippen LogP contribution in [-0.2, 0) is 16.2 Å². The fraction of sp³-hybridized carbons (Fsp3) is 0.565. The second-order valence-electron chi connectivity index (χ2n) is 17.6. The van der Waals surface area contributed by atoms with Crippen LogP contribution in [0, 0.1) is 29.1 Å². The van der Waals surface area contributed by atoms with Gasteiger partial charge in [0.2, 0.25) is 5.91 Å². The summed E-state index contributed by atoms with van der Waals surface area (Å²) in [4.78, 5) is 41.3. The standard InChI is InChI=1S/C46H65N5O6/c1-10-11-12-13-14-17-35-27-49(8)19-20-50(35)45(55)33-21-32(22-36(23-33)48(6)7)37-18-15-16-31(43(37)56-9)26-51-42(41(30(3)53)40(28-52)57-51)44(54)47-39-25-34-24-38(29(39)2)46(34,4)5/h10-16,18,21-23,29-30,34-35,38-42,52-53H,1,17,19-20,24-28H2,2-9H3,(H,47,54)/b12-11-,14-13+/t29-,30-,34+,35-,38-,39-,40-,41+,42-/m0/s1. The van der Waals surface area contributed by atoms with E-state index >= 15 is 0 Å². The van der Waals surface area contributed by atoms with Gasteiger partial charge in [-0.3, -0.25) is 14.4 Å². The monoisotopic (exact) mass is 783 g/mol. The van der Waals surface area contributed by atoms with E-state index in [0.29, 0.717) is 35.6 Å². The average Bonchev–Trinajstić information content (AvgIpc) is 3.56. The van der Waals surface area contributed by atoms with Crippen LogP contribution in [0.4, 0.5) is 5.69 Å². The molecule has 5 fully saturated rings. The molecule has 5 aliphatic rings. The average molecular weight is 784 g/mol.